The Labute approximate surface area is 118 Å². The standard InChI is InChI=1S/C15H20N4O/c1-4-6-12-10-14(20)18-15(17-12)11(5-2)9-13-7-8-16-19(13)3/h7-10H,4-6H2,1-3H3,(H,17,18,20)/b11-9+. The number of aromatic nitrogens is 4. The first-order valence-corrected chi connectivity index (χ1v) is 6.93. The van der Waals surface area contributed by atoms with E-state index in [0.717, 1.165) is 36.2 Å². The molecule has 106 valence electrons. The molecule has 5 heteroatoms. The number of hydrogen-bond acceptors (Lipinski definition) is 3. The van der Waals surface area contributed by atoms with Gasteiger partial charge in [-0.1, -0.05) is 20.3 Å². The van der Waals surface area contributed by atoms with Crippen molar-refractivity contribution >= 4 is 11.6 Å². The lowest BCUT2D eigenvalue weighted by Gasteiger charge is -2.06. The minimum absolute atomic E-state index is 0.0946. The fourth-order valence-corrected chi connectivity index (χ4v) is 2.09. The lowest BCUT2D eigenvalue weighted by atomic mass is 10.1. The third kappa shape index (κ3) is 3.23. The summed E-state index contributed by atoms with van der Waals surface area (Å²) < 4.78 is 1.80. The second kappa shape index (κ2) is 6.32. The second-order valence-electron chi connectivity index (χ2n) is 4.74. The molecule has 0 amide bonds. The lowest BCUT2D eigenvalue weighted by Crippen LogP contribution is -2.12. The van der Waals surface area contributed by atoms with Gasteiger partial charge < -0.3 is 4.98 Å². The van der Waals surface area contributed by atoms with E-state index in [2.05, 4.69) is 28.9 Å². The van der Waals surface area contributed by atoms with Gasteiger partial charge in [0.15, 0.2) is 0 Å². The van der Waals surface area contributed by atoms with Crippen LogP contribution in [0.2, 0.25) is 0 Å². The van der Waals surface area contributed by atoms with Crippen LogP contribution in [0.15, 0.2) is 23.1 Å². The molecule has 2 aromatic rings. The van der Waals surface area contributed by atoms with Crippen molar-refractivity contribution in [1.82, 2.24) is 19.7 Å². The maximum atomic E-state index is 11.7. The van der Waals surface area contributed by atoms with E-state index in [1.54, 1.807) is 16.9 Å². The van der Waals surface area contributed by atoms with Crippen LogP contribution in [0.4, 0.5) is 0 Å². The SMILES string of the molecule is CCCc1cc(=O)[nH]c(/C(=C/c2ccnn2C)CC)n1. The van der Waals surface area contributed by atoms with E-state index in [-0.39, 0.29) is 5.56 Å². The molecule has 0 radical (unpaired) electrons. The molecule has 2 rings (SSSR count). The predicted octanol–water partition coefficient (Wildman–Crippen LogP) is 2.41. The summed E-state index contributed by atoms with van der Waals surface area (Å²) >= 11 is 0. The van der Waals surface area contributed by atoms with Crippen molar-refractivity contribution < 1.29 is 0 Å². The monoisotopic (exact) mass is 272 g/mol. The Morgan fingerprint density at radius 3 is 2.85 bits per heavy atom. The average molecular weight is 272 g/mol. The van der Waals surface area contributed by atoms with E-state index in [0.29, 0.717) is 5.82 Å². The highest BCUT2D eigenvalue weighted by Gasteiger charge is 2.07. The van der Waals surface area contributed by atoms with E-state index in [9.17, 15) is 4.79 Å². The predicted molar refractivity (Wildman–Crippen MR) is 80.2 cm³/mol. The third-order valence-electron chi connectivity index (χ3n) is 3.17. The molecule has 0 aliphatic heterocycles. The minimum atomic E-state index is -0.0946. The average Bonchev–Trinajstić information content (AvgIpc) is 2.81. The molecule has 0 bridgehead atoms. The Balaban J connectivity index is 2.44. The van der Waals surface area contributed by atoms with Crippen LogP contribution in [0.25, 0.3) is 11.6 Å². The Bertz CT molecular complexity index is 667. The normalized spacial score (nSPS) is 11.8. The maximum Gasteiger partial charge on any atom is 0.251 e. The number of rotatable bonds is 5. The fourth-order valence-electron chi connectivity index (χ4n) is 2.09. The maximum absolute atomic E-state index is 11.7. The third-order valence-corrected chi connectivity index (χ3v) is 3.17. The number of nitrogens with zero attached hydrogens (tertiary/aromatic N) is 3. The van der Waals surface area contributed by atoms with Crippen molar-refractivity contribution in [2.45, 2.75) is 33.1 Å². The van der Waals surface area contributed by atoms with E-state index >= 15 is 0 Å². The molecule has 0 aliphatic carbocycles. The van der Waals surface area contributed by atoms with Crippen molar-refractivity contribution in [3.05, 3.63) is 45.9 Å². The zero-order valence-corrected chi connectivity index (χ0v) is 12.2. The Kier molecular flexibility index (Phi) is 4.50. The van der Waals surface area contributed by atoms with Gasteiger partial charge in [0.1, 0.15) is 5.82 Å². The molecule has 5 nitrogen and oxygen atoms in total. The first-order chi connectivity index (χ1) is 9.63. The van der Waals surface area contributed by atoms with Gasteiger partial charge in [0.25, 0.3) is 5.56 Å². The highest BCUT2D eigenvalue weighted by molar-refractivity contribution is 5.77. The van der Waals surface area contributed by atoms with Gasteiger partial charge >= 0.3 is 0 Å². The lowest BCUT2D eigenvalue weighted by molar-refractivity contribution is 0.759. The van der Waals surface area contributed by atoms with Crippen molar-refractivity contribution in [2.75, 3.05) is 0 Å². The van der Waals surface area contributed by atoms with Crippen LogP contribution in [-0.4, -0.2) is 19.7 Å². The highest BCUT2D eigenvalue weighted by Crippen LogP contribution is 2.17. The Morgan fingerprint density at radius 2 is 2.25 bits per heavy atom. The largest absolute Gasteiger partial charge is 0.307 e. The minimum Gasteiger partial charge on any atom is -0.307 e. The zero-order chi connectivity index (χ0) is 14.5. The van der Waals surface area contributed by atoms with Gasteiger partial charge in [-0.05, 0) is 30.6 Å². The van der Waals surface area contributed by atoms with Gasteiger partial charge in [-0.25, -0.2) is 4.98 Å². The van der Waals surface area contributed by atoms with Crippen LogP contribution in [0.3, 0.4) is 0 Å². The van der Waals surface area contributed by atoms with Crippen molar-refractivity contribution in [3.63, 3.8) is 0 Å². The van der Waals surface area contributed by atoms with Crippen LogP contribution >= 0.6 is 0 Å². The van der Waals surface area contributed by atoms with Gasteiger partial charge in [-0.3, -0.25) is 9.48 Å². The molecule has 20 heavy (non-hydrogen) atoms. The topological polar surface area (TPSA) is 63.6 Å². The Hall–Kier alpha value is -2.17. The highest BCUT2D eigenvalue weighted by atomic mass is 16.1. The first-order valence-electron chi connectivity index (χ1n) is 6.93. The second-order valence-corrected chi connectivity index (χ2v) is 4.74. The van der Waals surface area contributed by atoms with Gasteiger partial charge in [0.2, 0.25) is 0 Å². The molecule has 0 saturated heterocycles. The van der Waals surface area contributed by atoms with E-state index in [1.165, 1.54) is 0 Å². The molecule has 0 spiro atoms. The van der Waals surface area contributed by atoms with Crippen LogP contribution in [0.5, 0.6) is 0 Å². The van der Waals surface area contributed by atoms with Gasteiger partial charge in [0, 0.05) is 25.0 Å². The summed E-state index contributed by atoms with van der Waals surface area (Å²) in [5.74, 6) is 0.657. The fraction of sp³-hybridized carbons (Fsp3) is 0.400. The summed E-state index contributed by atoms with van der Waals surface area (Å²) in [7, 11) is 1.89. The van der Waals surface area contributed by atoms with Crippen molar-refractivity contribution in [2.24, 2.45) is 7.05 Å². The van der Waals surface area contributed by atoms with Crippen molar-refractivity contribution in [3.8, 4) is 0 Å². The van der Waals surface area contributed by atoms with Gasteiger partial charge in [0.05, 0.1) is 5.69 Å². The summed E-state index contributed by atoms with van der Waals surface area (Å²) in [6.45, 7) is 4.13. The molecule has 0 unspecified atom stereocenters. The molecule has 0 atom stereocenters. The molecule has 2 aromatic heterocycles. The van der Waals surface area contributed by atoms with Gasteiger partial charge in [-0.2, -0.15) is 5.10 Å². The number of hydrogen-bond donors (Lipinski definition) is 1. The molecule has 0 aromatic carbocycles. The van der Waals surface area contributed by atoms with Crippen LogP contribution in [0.1, 0.15) is 43.9 Å². The number of aromatic amines is 1. The summed E-state index contributed by atoms with van der Waals surface area (Å²) in [4.78, 5) is 19.1. The van der Waals surface area contributed by atoms with Gasteiger partial charge in [-0.15, -0.1) is 0 Å². The quantitative estimate of drug-likeness (QED) is 0.909. The van der Waals surface area contributed by atoms with Crippen LogP contribution < -0.4 is 5.56 Å². The van der Waals surface area contributed by atoms with Crippen molar-refractivity contribution in [1.29, 1.82) is 0 Å². The molecular weight excluding hydrogens is 252 g/mol. The first kappa shape index (κ1) is 14.2. The number of H-pyrrole nitrogens is 1. The summed E-state index contributed by atoms with van der Waals surface area (Å²) in [5.41, 5.74) is 2.74. The summed E-state index contributed by atoms with van der Waals surface area (Å²) in [5, 5.41) is 4.14. The van der Waals surface area contributed by atoms with E-state index in [4.69, 9.17) is 0 Å². The molecular formula is C15H20N4O. The molecule has 2 heterocycles. The molecule has 0 saturated carbocycles. The summed E-state index contributed by atoms with van der Waals surface area (Å²) in [6, 6.07) is 3.51. The smallest absolute Gasteiger partial charge is 0.251 e. The summed E-state index contributed by atoms with van der Waals surface area (Å²) in [6.07, 6.45) is 6.36. The number of nitrogens with one attached hydrogen (secondary N) is 1. The van der Waals surface area contributed by atoms with E-state index in [1.807, 2.05) is 19.2 Å². The van der Waals surface area contributed by atoms with Crippen LogP contribution in [0, 0.1) is 0 Å². The molecule has 0 aliphatic rings. The zero-order valence-electron chi connectivity index (χ0n) is 12.2. The molecule has 0 fully saturated rings. The molecule has 1 N–H and O–H groups in total. The number of aryl methyl sites for hydroxylation is 2. The van der Waals surface area contributed by atoms with E-state index < -0.39 is 0 Å². The number of allylic oxidation sites excluding steroid dienone is 1. The van der Waals surface area contributed by atoms with Crippen LogP contribution in [-0.2, 0) is 13.5 Å². The Morgan fingerprint density at radius 1 is 1.45 bits per heavy atom.